The summed E-state index contributed by atoms with van der Waals surface area (Å²) < 4.78 is 0. The molecule has 0 radical (unpaired) electrons. The quantitative estimate of drug-likeness (QED) is 0.632. The number of hydrogen-bond acceptors (Lipinski definition) is 5. The minimum Gasteiger partial charge on any atom is -0.504 e. The Hall–Kier alpha value is -2.05. The lowest BCUT2D eigenvalue weighted by Crippen LogP contribution is -2.41. The van der Waals surface area contributed by atoms with E-state index >= 15 is 0 Å². The molecule has 1 aromatic carbocycles. The summed E-state index contributed by atoms with van der Waals surface area (Å²) in [7, 11) is 0. The van der Waals surface area contributed by atoms with Gasteiger partial charge in [-0.2, -0.15) is 0 Å². The van der Waals surface area contributed by atoms with Crippen LogP contribution in [0.4, 0.5) is 0 Å². The van der Waals surface area contributed by atoms with Crippen LogP contribution in [0.3, 0.4) is 0 Å². The summed E-state index contributed by atoms with van der Waals surface area (Å²) in [4.78, 5) is 14.2. The maximum Gasteiger partial charge on any atom is 0.237 e. The van der Waals surface area contributed by atoms with E-state index in [9.17, 15) is 15.0 Å². The number of carbonyl (C=O) groups excluding carboxylic acids is 1. The van der Waals surface area contributed by atoms with Gasteiger partial charge in [0.05, 0.1) is 12.6 Å². The molecule has 21 heavy (non-hydrogen) atoms. The molecule has 0 aliphatic carbocycles. The largest absolute Gasteiger partial charge is 0.504 e. The topological polar surface area (TPSA) is 95.6 Å². The van der Waals surface area contributed by atoms with Gasteiger partial charge < -0.3 is 21.3 Å². The lowest BCUT2D eigenvalue weighted by Gasteiger charge is -2.12. The van der Waals surface area contributed by atoms with Gasteiger partial charge in [0.15, 0.2) is 11.5 Å². The molecule has 0 bridgehead atoms. The zero-order valence-electron chi connectivity index (χ0n) is 11.7. The zero-order valence-corrected chi connectivity index (χ0v) is 12.5. The van der Waals surface area contributed by atoms with E-state index in [0.717, 1.165) is 4.88 Å². The SMILES string of the molecule is Cc1ccc(CNC(=O)[C@@H](N)Cc2ccc(O)c(O)c2)s1. The van der Waals surface area contributed by atoms with Crippen LogP contribution in [-0.4, -0.2) is 22.2 Å². The number of carbonyl (C=O) groups is 1. The van der Waals surface area contributed by atoms with Gasteiger partial charge in [0.1, 0.15) is 0 Å². The van der Waals surface area contributed by atoms with Crippen molar-refractivity contribution >= 4 is 17.2 Å². The van der Waals surface area contributed by atoms with E-state index in [2.05, 4.69) is 5.32 Å². The molecule has 2 rings (SSSR count). The first-order chi connectivity index (χ1) is 9.95. The molecule has 0 saturated carbocycles. The maximum absolute atomic E-state index is 11.9. The predicted molar refractivity (Wildman–Crippen MR) is 82.4 cm³/mol. The van der Waals surface area contributed by atoms with E-state index in [-0.39, 0.29) is 17.4 Å². The van der Waals surface area contributed by atoms with Crippen LogP contribution in [0, 0.1) is 6.92 Å². The van der Waals surface area contributed by atoms with Crippen LogP contribution < -0.4 is 11.1 Å². The first-order valence-corrected chi connectivity index (χ1v) is 7.37. The van der Waals surface area contributed by atoms with Crippen molar-refractivity contribution in [3.05, 3.63) is 45.6 Å². The van der Waals surface area contributed by atoms with Crippen LogP contribution in [0.25, 0.3) is 0 Å². The van der Waals surface area contributed by atoms with E-state index in [1.54, 1.807) is 17.4 Å². The fourth-order valence-electron chi connectivity index (χ4n) is 1.93. The van der Waals surface area contributed by atoms with Crippen LogP contribution in [0.15, 0.2) is 30.3 Å². The molecule has 112 valence electrons. The number of nitrogens with one attached hydrogen (secondary N) is 1. The minimum absolute atomic E-state index is 0.190. The summed E-state index contributed by atoms with van der Waals surface area (Å²) in [6, 6.07) is 7.70. The maximum atomic E-state index is 11.9. The third kappa shape index (κ3) is 4.21. The Labute approximate surface area is 127 Å². The van der Waals surface area contributed by atoms with Crippen molar-refractivity contribution in [2.75, 3.05) is 0 Å². The first kappa shape index (κ1) is 15.3. The third-order valence-electron chi connectivity index (χ3n) is 3.07. The number of phenolic OH excluding ortho intramolecular Hbond substituents is 2. The molecule has 1 aromatic heterocycles. The second-order valence-electron chi connectivity index (χ2n) is 4.86. The van der Waals surface area contributed by atoms with Gasteiger partial charge in [-0.15, -0.1) is 11.3 Å². The van der Waals surface area contributed by atoms with Gasteiger partial charge in [0.25, 0.3) is 0 Å². The van der Waals surface area contributed by atoms with Crippen molar-refractivity contribution in [2.45, 2.75) is 25.9 Å². The highest BCUT2D eigenvalue weighted by molar-refractivity contribution is 7.11. The number of rotatable bonds is 5. The Morgan fingerprint density at radius 1 is 1.29 bits per heavy atom. The summed E-state index contributed by atoms with van der Waals surface area (Å²) in [5, 5.41) is 21.4. The number of thiophene rings is 1. The molecule has 0 unspecified atom stereocenters. The molecule has 0 fully saturated rings. The Morgan fingerprint density at radius 3 is 2.67 bits per heavy atom. The van der Waals surface area contributed by atoms with Crippen molar-refractivity contribution in [2.24, 2.45) is 5.73 Å². The van der Waals surface area contributed by atoms with Crippen molar-refractivity contribution < 1.29 is 15.0 Å². The van der Waals surface area contributed by atoms with E-state index in [4.69, 9.17) is 5.73 Å². The van der Waals surface area contributed by atoms with Crippen LogP contribution in [0.1, 0.15) is 15.3 Å². The van der Waals surface area contributed by atoms with E-state index in [0.29, 0.717) is 18.5 Å². The molecule has 1 atom stereocenters. The van der Waals surface area contributed by atoms with Gasteiger partial charge in [-0.3, -0.25) is 4.79 Å². The van der Waals surface area contributed by atoms with Gasteiger partial charge in [0.2, 0.25) is 5.91 Å². The zero-order chi connectivity index (χ0) is 15.4. The van der Waals surface area contributed by atoms with Crippen LogP contribution in [0.5, 0.6) is 11.5 Å². The lowest BCUT2D eigenvalue weighted by atomic mass is 10.1. The number of benzene rings is 1. The number of nitrogens with two attached hydrogens (primary N) is 1. The van der Waals surface area contributed by atoms with Gasteiger partial charge in [-0.05, 0) is 43.2 Å². The lowest BCUT2D eigenvalue weighted by molar-refractivity contribution is -0.122. The number of aryl methyl sites for hydroxylation is 1. The smallest absolute Gasteiger partial charge is 0.237 e. The van der Waals surface area contributed by atoms with E-state index in [1.807, 2.05) is 19.1 Å². The number of hydrogen-bond donors (Lipinski definition) is 4. The molecule has 1 amide bonds. The fraction of sp³-hybridized carbons (Fsp3) is 0.267. The second-order valence-corrected chi connectivity index (χ2v) is 6.24. The Morgan fingerprint density at radius 2 is 2.05 bits per heavy atom. The number of phenols is 2. The summed E-state index contributed by atoms with van der Waals surface area (Å²) in [5.74, 6) is -0.646. The van der Waals surface area contributed by atoms with Crippen molar-refractivity contribution in [3.63, 3.8) is 0 Å². The molecular formula is C15H18N2O3S. The summed E-state index contributed by atoms with van der Waals surface area (Å²) in [6.45, 7) is 2.48. The minimum atomic E-state index is -0.699. The molecule has 5 nitrogen and oxygen atoms in total. The van der Waals surface area contributed by atoms with Gasteiger partial charge in [0, 0.05) is 9.75 Å². The van der Waals surface area contributed by atoms with Crippen molar-refractivity contribution in [3.8, 4) is 11.5 Å². The standard InChI is InChI=1S/C15H18N2O3S/c1-9-2-4-11(21-9)8-17-15(20)12(16)6-10-3-5-13(18)14(19)7-10/h2-5,7,12,18-19H,6,8,16H2,1H3,(H,17,20)/t12-/m0/s1. The van der Waals surface area contributed by atoms with Crippen molar-refractivity contribution in [1.82, 2.24) is 5.32 Å². The highest BCUT2D eigenvalue weighted by Crippen LogP contribution is 2.25. The Kier molecular flexibility index (Phi) is 4.82. The highest BCUT2D eigenvalue weighted by atomic mass is 32.1. The average Bonchev–Trinajstić information content (AvgIpc) is 2.86. The van der Waals surface area contributed by atoms with Crippen molar-refractivity contribution in [1.29, 1.82) is 0 Å². The third-order valence-corrected chi connectivity index (χ3v) is 4.07. The number of amides is 1. The van der Waals surface area contributed by atoms with Crippen LogP contribution in [-0.2, 0) is 17.8 Å². The van der Waals surface area contributed by atoms with Gasteiger partial charge >= 0.3 is 0 Å². The summed E-state index contributed by atoms with van der Waals surface area (Å²) >= 11 is 1.63. The highest BCUT2D eigenvalue weighted by Gasteiger charge is 2.15. The molecule has 0 spiro atoms. The monoisotopic (exact) mass is 306 g/mol. The Bertz CT molecular complexity index is 640. The average molecular weight is 306 g/mol. The molecule has 2 aromatic rings. The summed E-state index contributed by atoms with van der Waals surface area (Å²) in [6.07, 6.45) is 0.295. The van der Waals surface area contributed by atoms with Gasteiger partial charge in [-0.25, -0.2) is 0 Å². The summed E-state index contributed by atoms with van der Waals surface area (Å²) in [5.41, 5.74) is 6.55. The second kappa shape index (κ2) is 6.60. The molecule has 1 heterocycles. The normalized spacial score (nSPS) is 12.1. The van der Waals surface area contributed by atoms with Crippen LogP contribution >= 0.6 is 11.3 Å². The van der Waals surface area contributed by atoms with E-state index < -0.39 is 6.04 Å². The molecular weight excluding hydrogens is 288 g/mol. The fourth-order valence-corrected chi connectivity index (χ4v) is 2.76. The van der Waals surface area contributed by atoms with Gasteiger partial charge in [-0.1, -0.05) is 6.07 Å². The predicted octanol–water partition coefficient (Wildman–Crippen LogP) is 1.65. The molecule has 6 heteroatoms. The first-order valence-electron chi connectivity index (χ1n) is 6.55. The molecule has 0 saturated heterocycles. The Balaban J connectivity index is 1.88. The number of aromatic hydroxyl groups is 2. The molecule has 0 aliphatic heterocycles. The molecule has 5 N–H and O–H groups in total. The van der Waals surface area contributed by atoms with E-state index in [1.165, 1.54) is 17.0 Å². The molecule has 0 aliphatic rings. The van der Waals surface area contributed by atoms with Crippen LogP contribution in [0.2, 0.25) is 0 Å².